The second-order valence-electron chi connectivity index (χ2n) is 10.1. The number of hydrogen-bond acceptors (Lipinski definition) is 7. The average Bonchev–Trinajstić information content (AvgIpc) is 3.32. The van der Waals surface area contributed by atoms with Crippen molar-refractivity contribution in [1.29, 1.82) is 0 Å². The van der Waals surface area contributed by atoms with Gasteiger partial charge in [-0.2, -0.15) is 0 Å². The van der Waals surface area contributed by atoms with E-state index in [1.54, 1.807) is 23.4 Å². The lowest BCUT2D eigenvalue weighted by Gasteiger charge is -2.40. The summed E-state index contributed by atoms with van der Waals surface area (Å²) in [6.45, 7) is 8.42. The summed E-state index contributed by atoms with van der Waals surface area (Å²) in [5, 5.41) is 0.950. The number of aromatic nitrogens is 3. The highest BCUT2D eigenvalue weighted by molar-refractivity contribution is 7.90. The molecule has 1 saturated heterocycles. The van der Waals surface area contributed by atoms with Gasteiger partial charge in [0.15, 0.2) is 9.84 Å². The first-order valence-corrected chi connectivity index (χ1v) is 13.3. The van der Waals surface area contributed by atoms with E-state index in [1.165, 1.54) is 6.26 Å². The fraction of sp³-hybridized carbons (Fsp3) is 0.458. The second-order valence-corrected chi connectivity index (χ2v) is 12.1. The van der Waals surface area contributed by atoms with Gasteiger partial charge in [0.05, 0.1) is 10.3 Å². The van der Waals surface area contributed by atoms with E-state index in [0.29, 0.717) is 23.9 Å². The van der Waals surface area contributed by atoms with Crippen molar-refractivity contribution in [1.82, 2.24) is 19.4 Å². The fourth-order valence-corrected chi connectivity index (χ4v) is 5.29. The smallest absolute Gasteiger partial charge is 0.410 e. The molecule has 5 rings (SSSR count). The predicted molar refractivity (Wildman–Crippen MR) is 129 cm³/mol. The molecule has 1 fully saturated rings. The van der Waals surface area contributed by atoms with Gasteiger partial charge in [0, 0.05) is 50.2 Å². The molecule has 3 aromatic rings. The molecule has 2 aliphatic rings. The van der Waals surface area contributed by atoms with Crippen LogP contribution < -0.4 is 4.90 Å². The molecule has 1 aromatic carbocycles. The molecule has 10 heteroatoms. The highest BCUT2D eigenvalue weighted by atomic mass is 32.2. The van der Waals surface area contributed by atoms with Gasteiger partial charge in [-0.3, -0.25) is 0 Å². The molecule has 0 atom stereocenters. The maximum absolute atomic E-state index is 12.2. The summed E-state index contributed by atoms with van der Waals surface area (Å²) in [4.78, 5) is 25.5. The number of ether oxygens (including phenoxy) is 1. The molecule has 9 nitrogen and oxygen atoms in total. The maximum atomic E-state index is 12.2. The number of hydrogen-bond donors (Lipinski definition) is 0. The summed E-state index contributed by atoms with van der Waals surface area (Å²) in [6.07, 6.45) is 5.31. The van der Waals surface area contributed by atoms with E-state index in [4.69, 9.17) is 4.74 Å². The molecule has 0 aliphatic carbocycles. The molecule has 1 amide bonds. The van der Waals surface area contributed by atoms with Crippen molar-refractivity contribution in [3.05, 3.63) is 42.4 Å². The van der Waals surface area contributed by atoms with Crippen LogP contribution in [-0.2, 0) is 27.5 Å². The van der Waals surface area contributed by atoms with E-state index < -0.39 is 15.4 Å². The number of carbonyl (C=O) groups excluding carboxylic acids is 1. The first-order chi connectivity index (χ1) is 16.0. The Morgan fingerprint density at radius 2 is 1.94 bits per heavy atom. The van der Waals surface area contributed by atoms with Crippen LogP contribution in [0.4, 0.5) is 16.3 Å². The second kappa shape index (κ2) is 7.97. The molecule has 0 radical (unpaired) electrons. The summed E-state index contributed by atoms with van der Waals surface area (Å²) >= 11 is 0. The SMILES string of the molecule is CC(C)(C)OC(=O)N1CC(Cn2ccc3c(N4CCc5cc(S(C)(=O)=O)ccc54)ncnc32)C1. The zero-order valence-electron chi connectivity index (χ0n) is 19.9. The Morgan fingerprint density at radius 3 is 2.65 bits per heavy atom. The molecule has 2 aromatic heterocycles. The van der Waals surface area contributed by atoms with Crippen molar-refractivity contribution in [3.8, 4) is 0 Å². The zero-order valence-corrected chi connectivity index (χ0v) is 20.7. The van der Waals surface area contributed by atoms with Gasteiger partial charge in [0.1, 0.15) is 23.4 Å². The standard InChI is InChI=1S/C24H29N5O4S/c1-24(2,3)33-23(30)28-13-16(14-28)12-27-9-8-19-21(27)25-15-26-22(19)29-10-7-17-11-18(34(4,31)32)5-6-20(17)29/h5-6,8-9,11,15-16H,7,10,12-14H2,1-4H3. The number of benzene rings is 1. The third-order valence-corrected chi connectivity index (χ3v) is 7.34. The summed E-state index contributed by atoms with van der Waals surface area (Å²) in [5.41, 5.74) is 2.34. The van der Waals surface area contributed by atoms with Gasteiger partial charge < -0.3 is 19.1 Å². The lowest BCUT2D eigenvalue weighted by atomic mass is 10.0. The maximum Gasteiger partial charge on any atom is 0.410 e. The van der Waals surface area contributed by atoms with Crippen LogP contribution in [0.5, 0.6) is 0 Å². The number of rotatable bonds is 4. The average molecular weight is 484 g/mol. The Labute approximate surface area is 199 Å². The number of amides is 1. The lowest BCUT2D eigenvalue weighted by Crippen LogP contribution is -2.52. The molecule has 0 unspecified atom stereocenters. The van der Waals surface area contributed by atoms with Gasteiger partial charge in [-0.15, -0.1) is 0 Å². The van der Waals surface area contributed by atoms with Gasteiger partial charge in [-0.1, -0.05) is 0 Å². The van der Waals surface area contributed by atoms with E-state index >= 15 is 0 Å². The topological polar surface area (TPSA) is 97.6 Å². The van der Waals surface area contributed by atoms with Crippen molar-refractivity contribution in [2.75, 3.05) is 30.8 Å². The largest absolute Gasteiger partial charge is 0.444 e. The molecule has 0 N–H and O–H groups in total. The Hall–Kier alpha value is -3.14. The Balaban J connectivity index is 1.34. The van der Waals surface area contributed by atoms with E-state index in [-0.39, 0.29) is 6.09 Å². The fourth-order valence-electron chi connectivity index (χ4n) is 4.62. The quantitative estimate of drug-likeness (QED) is 0.561. The Kier molecular flexibility index (Phi) is 5.31. The minimum atomic E-state index is -3.24. The van der Waals surface area contributed by atoms with Gasteiger partial charge >= 0.3 is 6.09 Å². The Morgan fingerprint density at radius 1 is 1.18 bits per heavy atom. The van der Waals surface area contributed by atoms with E-state index in [0.717, 1.165) is 47.6 Å². The molecule has 180 valence electrons. The summed E-state index contributed by atoms with van der Waals surface area (Å²) in [7, 11) is -3.24. The van der Waals surface area contributed by atoms with Crippen molar-refractivity contribution in [2.45, 2.75) is 44.2 Å². The van der Waals surface area contributed by atoms with Crippen LogP contribution in [0.15, 0.2) is 41.7 Å². The van der Waals surface area contributed by atoms with Gasteiger partial charge in [-0.25, -0.2) is 23.2 Å². The zero-order chi connectivity index (χ0) is 24.3. The van der Waals surface area contributed by atoms with E-state index in [9.17, 15) is 13.2 Å². The lowest BCUT2D eigenvalue weighted by molar-refractivity contribution is -0.00317. The van der Waals surface area contributed by atoms with Crippen LogP contribution in [0, 0.1) is 5.92 Å². The minimum Gasteiger partial charge on any atom is -0.444 e. The number of nitrogens with zero attached hydrogens (tertiary/aromatic N) is 5. The van der Waals surface area contributed by atoms with Crippen LogP contribution in [0.3, 0.4) is 0 Å². The molecule has 0 bridgehead atoms. The van der Waals surface area contributed by atoms with E-state index in [2.05, 4.69) is 19.4 Å². The normalized spacial score (nSPS) is 16.6. The molecule has 0 saturated carbocycles. The first kappa shape index (κ1) is 22.6. The van der Waals surface area contributed by atoms with Crippen molar-refractivity contribution in [2.24, 2.45) is 5.92 Å². The number of sulfone groups is 1. The van der Waals surface area contributed by atoms with Crippen molar-refractivity contribution in [3.63, 3.8) is 0 Å². The van der Waals surface area contributed by atoms with Crippen LogP contribution in [-0.4, -0.2) is 65.4 Å². The van der Waals surface area contributed by atoms with Crippen molar-refractivity contribution >= 4 is 38.5 Å². The predicted octanol–water partition coefficient (Wildman–Crippen LogP) is 3.40. The summed E-state index contributed by atoms with van der Waals surface area (Å²) < 4.78 is 31.4. The third kappa shape index (κ3) is 4.22. The molecule has 0 spiro atoms. The number of carbonyl (C=O) groups is 1. The van der Waals surface area contributed by atoms with Crippen molar-refractivity contribution < 1.29 is 17.9 Å². The number of likely N-dealkylation sites (tertiary alicyclic amines) is 1. The Bertz CT molecular complexity index is 1370. The van der Waals surface area contributed by atoms with Crippen LogP contribution in [0.1, 0.15) is 26.3 Å². The number of anilines is 2. The number of fused-ring (bicyclic) bond motifs is 2. The van der Waals surface area contributed by atoms with Crippen LogP contribution in [0.25, 0.3) is 11.0 Å². The van der Waals surface area contributed by atoms with Crippen LogP contribution in [0.2, 0.25) is 0 Å². The van der Waals surface area contributed by atoms with Gasteiger partial charge in [-0.05, 0) is 57.0 Å². The third-order valence-electron chi connectivity index (χ3n) is 6.23. The van der Waals surface area contributed by atoms with E-state index in [1.807, 2.05) is 39.1 Å². The molecule has 4 heterocycles. The molecular formula is C24H29N5O4S. The molecule has 2 aliphatic heterocycles. The van der Waals surface area contributed by atoms with Gasteiger partial charge in [0.2, 0.25) is 0 Å². The summed E-state index contributed by atoms with van der Waals surface area (Å²) in [6, 6.07) is 7.31. The highest BCUT2D eigenvalue weighted by Gasteiger charge is 2.34. The monoisotopic (exact) mass is 483 g/mol. The highest BCUT2D eigenvalue weighted by Crippen LogP contribution is 2.38. The van der Waals surface area contributed by atoms with Gasteiger partial charge in [0.25, 0.3) is 0 Å². The molecular weight excluding hydrogens is 454 g/mol. The molecule has 34 heavy (non-hydrogen) atoms. The minimum absolute atomic E-state index is 0.266. The summed E-state index contributed by atoms with van der Waals surface area (Å²) in [5.74, 6) is 1.15. The first-order valence-electron chi connectivity index (χ1n) is 11.4. The van der Waals surface area contributed by atoms with Crippen LogP contribution >= 0.6 is 0 Å².